The summed E-state index contributed by atoms with van der Waals surface area (Å²) in [4.78, 5) is 40.7. The van der Waals surface area contributed by atoms with Crippen LogP contribution in [0.1, 0.15) is 25.7 Å². The molecule has 12 nitrogen and oxygen atoms in total. The standard InChI is InChI=1S/2C6H13N3O3.Zn/c2*7-4(5(10)11)2-1-3-9-6(8)12;/h2*4H,1-3,7H2,(H,10,11)(H3,8,9,12);/t2*4-;/m00./s1. The van der Waals surface area contributed by atoms with E-state index in [-0.39, 0.29) is 19.5 Å². The van der Waals surface area contributed by atoms with E-state index in [0.717, 1.165) is 0 Å². The van der Waals surface area contributed by atoms with Gasteiger partial charge in [0.05, 0.1) is 0 Å². The van der Waals surface area contributed by atoms with Crippen LogP contribution < -0.4 is 33.6 Å². The van der Waals surface area contributed by atoms with Crippen LogP contribution in [-0.4, -0.2) is 59.4 Å². The summed E-state index contributed by atoms with van der Waals surface area (Å²) in [6.07, 6.45) is 1.68. The van der Waals surface area contributed by atoms with Crippen LogP contribution in [0, 0.1) is 0 Å². The van der Waals surface area contributed by atoms with Crippen molar-refractivity contribution in [2.24, 2.45) is 22.9 Å². The Hall–Kier alpha value is -1.98. The molecule has 0 aromatic carbocycles. The molecule has 0 saturated carbocycles. The summed E-state index contributed by atoms with van der Waals surface area (Å²) >= 11 is 0. The van der Waals surface area contributed by atoms with Crippen LogP contribution in [0.2, 0.25) is 0 Å². The van der Waals surface area contributed by atoms with Gasteiger partial charge in [0, 0.05) is 32.6 Å². The molecule has 0 fully saturated rings. The van der Waals surface area contributed by atoms with Crippen LogP contribution >= 0.6 is 0 Å². The normalized spacial score (nSPS) is 11.6. The van der Waals surface area contributed by atoms with Gasteiger partial charge in [-0.3, -0.25) is 9.59 Å². The zero-order valence-electron chi connectivity index (χ0n) is 13.9. The van der Waals surface area contributed by atoms with Gasteiger partial charge < -0.3 is 43.8 Å². The fraction of sp³-hybridized carbons (Fsp3) is 0.667. The summed E-state index contributed by atoms with van der Waals surface area (Å²) in [5, 5.41) is 21.4. The van der Waals surface area contributed by atoms with E-state index < -0.39 is 36.1 Å². The smallest absolute Gasteiger partial charge is 0.320 e. The van der Waals surface area contributed by atoms with E-state index in [9.17, 15) is 19.2 Å². The van der Waals surface area contributed by atoms with Crippen LogP contribution in [0.4, 0.5) is 9.59 Å². The second-order valence-corrected chi connectivity index (χ2v) is 4.76. The first-order valence-corrected chi connectivity index (χ1v) is 7.11. The average molecular weight is 416 g/mol. The Morgan fingerprint density at radius 2 is 1.04 bits per heavy atom. The molecule has 0 aliphatic heterocycles. The molecule has 0 aromatic heterocycles. The summed E-state index contributed by atoms with van der Waals surface area (Å²) in [6.45, 7) is 0.715. The molecule has 0 rings (SSSR count). The van der Waals surface area contributed by atoms with Gasteiger partial charge in [0.2, 0.25) is 0 Å². The van der Waals surface area contributed by atoms with Gasteiger partial charge in [-0.05, 0) is 25.7 Å². The van der Waals surface area contributed by atoms with Crippen molar-refractivity contribution in [3.63, 3.8) is 0 Å². The van der Waals surface area contributed by atoms with E-state index in [2.05, 4.69) is 10.6 Å². The molecule has 2 atom stereocenters. The molecule has 142 valence electrons. The van der Waals surface area contributed by atoms with Gasteiger partial charge in [-0.1, -0.05) is 0 Å². The minimum atomic E-state index is -1.03. The van der Waals surface area contributed by atoms with E-state index in [1.165, 1.54) is 0 Å². The van der Waals surface area contributed by atoms with Crippen molar-refractivity contribution in [2.75, 3.05) is 13.1 Å². The Kier molecular flexibility index (Phi) is 18.8. The maximum absolute atomic E-state index is 10.2. The summed E-state index contributed by atoms with van der Waals surface area (Å²) in [5.41, 5.74) is 19.9. The van der Waals surface area contributed by atoms with Crippen LogP contribution in [0.3, 0.4) is 0 Å². The molecule has 0 bridgehead atoms. The van der Waals surface area contributed by atoms with Gasteiger partial charge in [0.15, 0.2) is 0 Å². The summed E-state index contributed by atoms with van der Waals surface area (Å²) in [6, 6.07) is -2.95. The topological polar surface area (TPSA) is 237 Å². The molecule has 12 N–H and O–H groups in total. The van der Waals surface area contributed by atoms with Gasteiger partial charge >= 0.3 is 24.0 Å². The Balaban J connectivity index is -0.000000372. The SMILES string of the molecule is NC(=O)NCCC[C@H](N)C(=O)O.NC(=O)NCCC[C@H](N)C(=O)O.[Zn]. The molecular formula is C12H26N6O6Zn. The quantitative estimate of drug-likeness (QED) is 0.142. The Labute approximate surface area is 157 Å². The second kappa shape index (κ2) is 16.9. The number of urea groups is 2. The zero-order chi connectivity index (χ0) is 19.1. The molecule has 0 heterocycles. The minimum absolute atomic E-state index is 0. The van der Waals surface area contributed by atoms with Gasteiger partial charge in [0.1, 0.15) is 12.1 Å². The predicted molar refractivity (Wildman–Crippen MR) is 84.9 cm³/mol. The van der Waals surface area contributed by atoms with Crippen LogP contribution in [0.15, 0.2) is 0 Å². The van der Waals surface area contributed by atoms with Crippen LogP contribution in [0.5, 0.6) is 0 Å². The fourth-order valence-electron chi connectivity index (χ4n) is 1.31. The number of amides is 4. The zero-order valence-corrected chi connectivity index (χ0v) is 16.9. The van der Waals surface area contributed by atoms with Crippen molar-refractivity contribution in [1.82, 2.24) is 10.6 Å². The van der Waals surface area contributed by atoms with Gasteiger partial charge in [-0.25, -0.2) is 9.59 Å². The number of carboxylic acids is 2. The molecule has 0 spiro atoms. The largest absolute Gasteiger partial charge is 0.480 e. The molecule has 0 aliphatic rings. The molecule has 0 aliphatic carbocycles. The molecule has 25 heavy (non-hydrogen) atoms. The number of nitrogens with one attached hydrogen (secondary N) is 2. The van der Waals surface area contributed by atoms with E-state index >= 15 is 0 Å². The van der Waals surface area contributed by atoms with Gasteiger partial charge in [-0.15, -0.1) is 0 Å². The van der Waals surface area contributed by atoms with Crippen molar-refractivity contribution in [3.05, 3.63) is 0 Å². The molecule has 0 aromatic rings. The maximum atomic E-state index is 10.2. The van der Waals surface area contributed by atoms with Gasteiger partial charge in [-0.2, -0.15) is 0 Å². The molecule has 4 amide bonds. The molecule has 13 heteroatoms. The number of carboxylic acid groups (broad SMARTS) is 2. The Morgan fingerprint density at radius 1 is 0.760 bits per heavy atom. The minimum Gasteiger partial charge on any atom is -0.480 e. The average Bonchev–Trinajstić information content (AvgIpc) is 2.47. The van der Waals surface area contributed by atoms with E-state index in [0.29, 0.717) is 38.8 Å². The van der Waals surface area contributed by atoms with Crippen molar-refractivity contribution in [1.29, 1.82) is 0 Å². The van der Waals surface area contributed by atoms with E-state index in [4.69, 9.17) is 33.1 Å². The Bertz CT molecular complexity index is 387. The third-order valence-corrected chi connectivity index (χ3v) is 2.62. The molecular weight excluding hydrogens is 390 g/mol. The number of carbonyl (C=O) groups excluding carboxylic acids is 2. The van der Waals surface area contributed by atoms with Crippen LogP contribution in [-0.2, 0) is 29.1 Å². The number of primary amides is 2. The number of rotatable bonds is 10. The molecule has 0 unspecified atom stereocenters. The van der Waals surface area contributed by atoms with Crippen molar-refractivity contribution in [2.45, 2.75) is 37.8 Å². The monoisotopic (exact) mass is 414 g/mol. The number of hydrogen-bond acceptors (Lipinski definition) is 6. The second-order valence-electron chi connectivity index (χ2n) is 4.76. The first kappa shape index (κ1) is 27.9. The molecule has 0 saturated heterocycles. The summed E-state index contributed by atoms with van der Waals surface area (Å²) in [7, 11) is 0. The van der Waals surface area contributed by atoms with E-state index in [1.54, 1.807) is 0 Å². The van der Waals surface area contributed by atoms with Crippen molar-refractivity contribution >= 4 is 24.0 Å². The summed E-state index contributed by atoms with van der Waals surface area (Å²) < 4.78 is 0. The third-order valence-electron chi connectivity index (χ3n) is 2.62. The van der Waals surface area contributed by atoms with Gasteiger partial charge in [0.25, 0.3) is 0 Å². The number of hydrogen-bond donors (Lipinski definition) is 8. The predicted octanol–water partition coefficient (Wildman–Crippen LogP) is -2.31. The summed E-state index contributed by atoms with van der Waals surface area (Å²) in [5.74, 6) is -2.07. The third kappa shape index (κ3) is 22.0. The van der Waals surface area contributed by atoms with E-state index in [1.807, 2.05) is 0 Å². The first-order valence-electron chi connectivity index (χ1n) is 7.11. The first-order chi connectivity index (χ1) is 11.1. The van der Waals surface area contributed by atoms with Crippen LogP contribution in [0.25, 0.3) is 0 Å². The van der Waals surface area contributed by atoms with Crippen molar-refractivity contribution < 1.29 is 48.9 Å². The van der Waals surface area contributed by atoms with Crippen molar-refractivity contribution in [3.8, 4) is 0 Å². The maximum Gasteiger partial charge on any atom is 0.320 e. The number of aliphatic carboxylic acids is 2. The Morgan fingerprint density at radius 3 is 1.24 bits per heavy atom. The number of nitrogens with two attached hydrogens (primary N) is 4. The molecule has 0 radical (unpaired) electrons. The fourth-order valence-corrected chi connectivity index (χ4v) is 1.31. The number of carbonyl (C=O) groups is 4.